The minimum atomic E-state index is -1.10. The molecule has 0 aliphatic rings. The van der Waals surface area contributed by atoms with Gasteiger partial charge in [-0.25, -0.2) is 9.18 Å². The molecule has 0 N–H and O–H groups in total. The molecule has 0 aliphatic heterocycles. The lowest BCUT2D eigenvalue weighted by Gasteiger charge is -2.08. The van der Waals surface area contributed by atoms with Gasteiger partial charge in [-0.1, -0.05) is 0 Å². The Morgan fingerprint density at radius 2 is 2.06 bits per heavy atom. The molecule has 0 bridgehead atoms. The van der Waals surface area contributed by atoms with Crippen molar-refractivity contribution in [1.82, 2.24) is 0 Å². The minimum Gasteiger partial charge on any atom is -0.494 e. The number of ether oxygens (including phenoxy) is 2. The first-order valence-corrected chi connectivity index (χ1v) is 5.55. The highest BCUT2D eigenvalue weighted by molar-refractivity contribution is 9.10. The van der Waals surface area contributed by atoms with Gasteiger partial charge in [0.2, 0.25) is 0 Å². The quantitative estimate of drug-likeness (QED) is 0.487. The summed E-state index contributed by atoms with van der Waals surface area (Å²) in [7, 11) is 1.27. The molecule has 0 spiro atoms. The minimum absolute atomic E-state index is 0.0494. The fourth-order valence-corrected chi connectivity index (χ4v) is 1.68. The zero-order valence-corrected chi connectivity index (χ0v) is 10.8. The molecule has 4 nitrogen and oxygen atoms in total. The molecule has 1 aromatic rings. The number of carbonyl (C=O) groups is 2. The van der Waals surface area contributed by atoms with Gasteiger partial charge in [0.25, 0.3) is 5.78 Å². The largest absolute Gasteiger partial charge is 0.494 e. The molecule has 0 aromatic heterocycles. The second kappa shape index (κ2) is 5.77. The highest BCUT2D eigenvalue weighted by Gasteiger charge is 2.26. The zero-order valence-electron chi connectivity index (χ0n) is 9.25. The number of hydrogen-bond donors (Lipinski definition) is 0. The van der Waals surface area contributed by atoms with Crippen LogP contribution in [0.25, 0.3) is 0 Å². The third-order valence-electron chi connectivity index (χ3n) is 1.96. The second-order valence-corrected chi connectivity index (χ2v) is 3.84. The normalized spacial score (nSPS) is 9.88. The number of benzene rings is 1. The monoisotopic (exact) mass is 304 g/mol. The maximum atomic E-state index is 13.8. The summed E-state index contributed by atoms with van der Waals surface area (Å²) in [6.45, 7) is 1.61. The molecule has 1 rings (SSSR count). The van der Waals surface area contributed by atoms with E-state index in [1.165, 1.54) is 19.2 Å². The molecule has 6 heteroatoms. The van der Waals surface area contributed by atoms with Gasteiger partial charge in [-0.3, -0.25) is 4.79 Å². The topological polar surface area (TPSA) is 52.6 Å². The van der Waals surface area contributed by atoms with E-state index < -0.39 is 17.6 Å². The lowest BCUT2D eigenvalue weighted by Crippen LogP contribution is -2.19. The zero-order chi connectivity index (χ0) is 13.0. The van der Waals surface area contributed by atoms with Crippen LogP contribution in [0.3, 0.4) is 0 Å². The number of hydrogen-bond acceptors (Lipinski definition) is 4. The van der Waals surface area contributed by atoms with Crippen molar-refractivity contribution in [1.29, 1.82) is 0 Å². The van der Waals surface area contributed by atoms with Gasteiger partial charge in [-0.15, -0.1) is 0 Å². The van der Waals surface area contributed by atoms with Crippen LogP contribution >= 0.6 is 15.9 Å². The lowest BCUT2D eigenvalue weighted by atomic mass is 10.1. The Balaban J connectivity index is 3.21. The molecule has 0 aliphatic carbocycles. The standard InChI is InChI=1S/C11H10BrFO4/c1-3-17-11(15)10(14)8-6(12)4-5-7(16-2)9(8)13/h4-5H,3H2,1-2H3. The molecule has 0 unspecified atom stereocenters. The molecule has 1 aromatic carbocycles. The number of methoxy groups -OCH3 is 1. The van der Waals surface area contributed by atoms with E-state index in [0.717, 1.165) is 0 Å². The van der Waals surface area contributed by atoms with E-state index in [1.807, 2.05) is 0 Å². The average Bonchev–Trinajstić information content (AvgIpc) is 2.29. The summed E-state index contributed by atoms with van der Waals surface area (Å²) in [5.74, 6) is -3.14. The average molecular weight is 305 g/mol. The van der Waals surface area contributed by atoms with Gasteiger partial charge in [0, 0.05) is 4.47 Å². The molecule has 0 saturated heterocycles. The van der Waals surface area contributed by atoms with Crippen LogP contribution < -0.4 is 4.74 Å². The van der Waals surface area contributed by atoms with E-state index in [0.29, 0.717) is 0 Å². The third kappa shape index (κ3) is 2.82. The van der Waals surface area contributed by atoms with Gasteiger partial charge < -0.3 is 9.47 Å². The maximum Gasteiger partial charge on any atom is 0.379 e. The van der Waals surface area contributed by atoms with Gasteiger partial charge >= 0.3 is 5.97 Å². The molecule has 0 heterocycles. The molecule has 0 amide bonds. The number of halogens is 2. The van der Waals surface area contributed by atoms with E-state index in [-0.39, 0.29) is 22.4 Å². The summed E-state index contributed by atoms with van der Waals surface area (Å²) in [6.07, 6.45) is 0. The van der Waals surface area contributed by atoms with Crippen LogP contribution in [-0.2, 0) is 9.53 Å². The summed E-state index contributed by atoms with van der Waals surface area (Å²) in [4.78, 5) is 22.9. The number of carbonyl (C=O) groups excluding carboxylic acids is 2. The predicted molar refractivity (Wildman–Crippen MR) is 61.6 cm³/mol. The van der Waals surface area contributed by atoms with E-state index in [9.17, 15) is 14.0 Å². The highest BCUT2D eigenvalue weighted by Crippen LogP contribution is 2.28. The smallest absolute Gasteiger partial charge is 0.379 e. The molecule has 0 atom stereocenters. The Hall–Kier alpha value is -1.43. The van der Waals surface area contributed by atoms with Gasteiger partial charge in [-0.05, 0) is 35.0 Å². The Morgan fingerprint density at radius 1 is 1.41 bits per heavy atom. The van der Waals surface area contributed by atoms with Crippen molar-refractivity contribution in [2.24, 2.45) is 0 Å². The first-order chi connectivity index (χ1) is 8.02. The van der Waals surface area contributed by atoms with Gasteiger partial charge in [0.1, 0.15) is 0 Å². The van der Waals surface area contributed by atoms with Crippen molar-refractivity contribution in [2.75, 3.05) is 13.7 Å². The van der Waals surface area contributed by atoms with E-state index in [1.54, 1.807) is 6.92 Å². The predicted octanol–water partition coefficient (Wildman–Crippen LogP) is 2.34. The Kier molecular flexibility index (Phi) is 4.62. The number of ketones is 1. The van der Waals surface area contributed by atoms with Crippen LogP contribution in [-0.4, -0.2) is 25.5 Å². The molecule has 0 radical (unpaired) electrons. The fourth-order valence-electron chi connectivity index (χ4n) is 1.20. The number of rotatable bonds is 4. The SMILES string of the molecule is CCOC(=O)C(=O)c1c(Br)ccc(OC)c1F. The van der Waals surface area contributed by atoms with Crippen LogP contribution in [0.2, 0.25) is 0 Å². The first kappa shape index (κ1) is 13.6. The summed E-state index contributed by atoms with van der Waals surface area (Å²) in [6, 6.07) is 2.77. The summed E-state index contributed by atoms with van der Waals surface area (Å²) in [5.41, 5.74) is -0.386. The lowest BCUT2D eigenvalue weighted by molar-refractivity contribution is -0.137. The molecule has 0 fully saturated rings. The Labute approximate surface area is 106 Å². The number of esters is 1. The molecule has 17 heavy (non-hydrogen) atoms. The van der Waals surface area contributed by atoms with E-state index in [4.69, 9.17) is 4.74 Å². The van der Waals surface area contributed by atoms with Gasteiger partial charge in [0.05, 0.1) is 19.3 Å². The van der Waals surface area contributed by atoms with Crippen molar-refractivity contribution in [3.63, 3.8) is 0 Å². The van der Waals surface area contributed by atoms with Crippen LogP contribution in [0.15, 0.2) is 16.6 Å². The van der Waals surface area contributed by atoms with Crippen molar-refractivity contribution in [3.8, 4) is 5.75 Å². The fraction of sp³-hybridized carbons (Fsp3) is 0.273. The van der Waals surface area contributed by atoms with E-state index >= 15 is 0 Å². The second-order valence-electron chi connectivity index (χ2n) is 2.99. The van der Waals surface area contributed by atoms with Crippen molar-refractivity contribution >= 4 is 27.7 Å². The Morgan fingerprint density at radius 3 is 2.59 bits per heavy atom. The van der Waals surface area contributed by atoms with Crippen molar-refractivity contribution in [3.05, 3.63) is 28.0 Å². The third-order valence-corrected chi connectivity index (χ3v) is 2.62. The number of Topliss-reactive ketones (excluding diaryl/α,β-unsaturated/α-hetero) is 1. The van der Waals surface area contributed by atoms with Gasteiger partial charge in [0.15, 0.2) is 11.6 Å². The maximum absolute atomic E-state index is 13.8. The Bertz CT molecular complexity index is 459. The highest BCUT2D eigenvalue weighted by atomic mass is 79.9. The summed E-state index contributed by atoms with van der Waals surface area (Å²) >= 11 is 3.01. The van der Waals surface area contributed by atoms with E-state index in [2.05, 4.69) is 20.7 Å². The van der Waals surface area contributed by atoms with Crippen LogP contribution in [0.1, 0.15) is 17.3 Å². The summed E-state index contributed by atoms with van der Waals surface area (Å²) in [5, 5.41) is 0. The first-order valence-electron chi connectivity index (χ1n) is 4.76. The van der Waals surface area contributed by atoms with Crippen LogP contribution in [0, 0.1) is 5.82 Å². The molecule has 0 saturated carbocycles. The van der Waals surface area contributed by atoms with Crippen LogP contribution in [0.5, 0.6) is 5.75 Å². The van der Waals surface area contributed by atoms with Crippen LogP contribution in [0.4, 0.5) is 4.39 Å². The molecule has 92 valence electrons. The van der Waals surface area contributed by atoms with Crippen molar-refractivity contribution < 1.29 is 23.5 Å². The molecular weight excluding hydrogens is 295 g/mol. The van der Waals surface area contributed by atoms with Gasteiger partial charge in [-0.2, -0.15) is 0 Å². The van der Waals surface area contributed by atoms with Crippen molar-refractivity contribution in [2.45, 2.75) is 6.92 Å². The summed E-state index contributed by atoms with van der Waals surface area (Å²) < 4.78 is 23.2. The molecular formula is C11H10BrFO4.